The number of carbonyl (C=O) groups excluding carboxylic acids is 1. The van der Waals surface area contributed by atoms with E-state index in [1.807, 2.05) is 0 Å². The molecule has 0 heterocycles. The van der Waals surface area contributed by atoms with E-state index >= 15 is 0 Å². The number of hydrogen-bond donors (Lipinski definition) is 1. The average molecular weight is 241 g/mol. The Bertz CT molecular complexity index is 139. The fraction of sp³-hybridized carbons (Fsp3) is 0.857. The van der Waals surface area contributed by atoms with E-state index in [2.05, 4.69) is 20.7 Å². The molecule has 72 valence electrons. The van der Waals surface area contributed by atoms with Gasteiger partial charge < -0.3 is 14.6 Å². The normalized spacial score (nSPS) is 15.3. The minimum atomic E-state index is -1.14. The van der Waals surface area contributed by atoms with Gasteiger partial charge in [0.25, 0.3) is 0 Å². The van der Waals surface area contributed by atoms with Crippen molar-refractivity contribution in [1.29, 1.82) is 0 Å². The molecule has 0 aromatic carbocycles. The van der Waals surface area contributed by atoms with Crippen LogP contribution < -0.4 is 0 Å². The second kappa shape index (κ2) is 6.39. The lowest BCUT2D eigenvalue weighted by atomic mass is 10.4. The van der Waals surface area contributed by atoms with Gasteiger partial charge in [-0.1, -0.05) is 15.9 Å². The number of rotatable bonds is 5. The maximum Gasteiger partial charge on any atom is 0.324 e. The second-order valence-corrected chi connectivity index (χ2v) is 2.99. The van der Waals surface area contributed by atoms with Gasteiger partial charge in [0.1, 0.15) is 0 Å². The maximum atomic E-state index is 11.0. The highest BCUT2D eigenvalue weighted by Crippen LogP contribution is 2.09. The molecule has 0 fully saturated rings. The van der Waals surface area contributed by atoms with Crippen LogP contribution in [0.4, 0.5) is 0 Å². The molecule has 4 nitrogen and oxygen atoms in total. The molecule has 0 aromatic heterocycles. The fourth-order valence-corrected chi connectivity index (χ4v) is 0.878. The Morgan fingerprint density at radius 3 is 2.50 bits per heavy atom. The van der Waals surface area contributed by atoms with Crippen LogP contribution in [-0.2, 0) is 14.3 Å². The molecule has 0 saturated carbocycles. The minimum Gasteiger partial charge on any atom is -0.465 e. The lowest BCUT2D eigenvalue weighted by Gasteiger charge is -2.15. The molecule has 0 radical (unpaired) electrons. The summed E-state index contributed by atoms with van der Waals surface area (Å²) in [5.41, 5.74) is 0. The summed E-state index contributed by atoms with van der Waals surface area (Å²) < 4.78 is 9.42. The zero-order valence-electron chi connectivity index (χ0n) is 7.12. The lowest BCUT2D eigenvalue weighted by Crippen LogP contribution is -2.32. The topological polar surface area (TPSA) is 55.8 Å². The standard InChI is InChI=1S/C7H13BrO4/c1-3-11-6(9)5(8)7(10)12-4-2/h5-6,9H,3-4H2,1-2H3. The van der Waals surface area contributed by atoms with E-state index in [9.17, 15) is 4.79 Å². The number of alkyl halides is 1. The van der Waals surface area contributed by atoms with Crippen molar-refractivity contribution in [3.8, 4) is 0 Å². The van der Waals surface area contributed by atoms with Crippen molar-refractivity contribution >= 4 is 21.9 Å². The third-order valence-electron chi connectivity index (χ3n) is 1.10. The van der Waals surface area contributed by atoms with Gasteiger partial charge >= 0.3 is 5.97 Å². The van der Waals surface area contributed by atoms with E-state index in [0.717, 1.165) is 0 Å². The molecular weight excluding hydrogens is 228 g/mol. The van der Waals surface area contributed by atoms with Crippen LogP contribution in [0.2, 0.25) is 0 Å². The molecule has 0 aliphatic heterocycles. The number of esters is 1. The molecule has 0 saturated heterocycles. The Labute approximate surface area is 80.0 Å². The molecule has 5 heteroatoms. The summed E-state index contributed by atoms with van der Waals surface area (Å²) in [5, 5.41) is 9.14. The molecule has 0 aliphatic carbocycles. The van der Waals surface area contributed by atoms with Crippen LogP contribution in [0.15, 0.2) is 0 Å². The molecule has 0 aromatic rings. The molecule has 0 rings (SSSR count). The molecule has 2 atom stereocenters. The number of hydrogen-bond acceptors (Lipinski definition) is 4. The Kier molecular flexibility index (Phi) is 6.32. The van der Waals surface area contributed by atoms with Crippen LogP contribution >= 0.6 is 15.9 Å². The van der Waals surface area contributed by atoms with Crippen LogP contribution in [0.5, 0.6) is 0 Å². The first-order valence-electron chi connectivity index (χ1n) is 3.73. The first-order valence-corrected chi connectivity index (χ1v) is 4.65. The van der Waals surface area contributed by atoms with Crippen molar-refractivity contribution < 1.29 is 19.4 Å². The van der Waals surface area contributed by atoms with Crippen molar-refractivity contribution in [2.45, 2.75) is 25.0 Å². The zero-order chi connectivity index (χ0) is 9.56. The Morgan fingerprint density at radius 2 is 2.08 bits per heavy atom. The molecule has 0 aliphatic rings. The summed E-state index contributed by atoms with van der Waals surface area (Å²) in [6.07, 6.45) is -1.14. The third kappa shape index (κ3) is 4.04. The zero-order valence-corrected chi connectivity index (χ0v) is 8.70. The summed E-state index contributed by atoms with van der Waals surface area (Å²) in [7, 11) is 0. The van der Waals surface area contributed by atoms with E-state index in [1.165, 1.54) is 0 Å². The average Bonchev–Trinajstić information content (AvgIpc) is 2.04. The highest BCUT2D eigenvalue weighted by atomic mass is 79.9. The number of carbonyl (C=O) groups is 1. The summed E-state index contributed by atoms with van der Waals surface area (Å²) in [5.74, 6) is -0.515. The molecule has 0 spiro atoms. The molecular formula is C7H13BrO4. The van der Waals surface area contributed by atoms with Crippen molar-refractivity contribution in [1.82, 2.24) is 0 Å². The summed E-state index contributed by atoms with van der Waals surface area (Å²) in [6, 6.07) is 0. The Balaban J connectivity index is 3.82. The SMILES string of the molecule is CCOC(=O)C(Br)C(O)OCC. The predicted molar refractivity (Wildman–Crippen MR) is 47.0 cm³/mol. The summed E-state index contributed by atoms with van der Waals surface area (Å²) >= 11 is 2.96. The predicted octanol–water partition coefficient (Wildman–Crippen LogP) is 0.668. The van der Waals surface area contributed by atoms with Crippen molar-refractivity contribution in [2.24, 2.45) is 0 Å². The van der Waals surface area contributed by atoms with Gasteiger partial charge in [-0.3, -0.25) is 4.79 Å². The number of halogens is 1. The first kappa shape index (κ1) is 11.9. The van der Waals surface area contributed by atoms with Crippen LogP contribution in [0.1, 0.15) is 13.8 Å². The first-order chi connectivity index (χ1) is 5.63. The van der Waals surface area contributed by atoms with Crippen molar-refractivity contribution in [3.05, 3.63) is 0 Å². The van der Waals surface area contributed by atoms with Gasteiger partial charge in [0.15, 0.2) is 11.1 Å². The minimum absolute atomic E-state index is 0.291. The number of aliphatic hydroxyl groups excluding tert-OH is 1. The summed E-state index contributed by atoms with van der Waals surface area (Å²) in [4.78, 5) is 10.1. The van der Waals surface area contributed by atoms with Crippen molar-refractivity contribution in [3.63, 3.8) is 0 Å². The van der Waals surface area contributed by atoms with E-state index < -0.39 is 17.1 Å². The molecule has 2 unspecified atom stereocenters. The van der Waals surface area contributed by atoms with Crippen LogP contribution in [0.3, 0.4) is 0 Å². The molecule has 1 N–H and O–H groups in total. The van der Waals surface area contributed by atoms with Crippen LogP contribution in [0.25, 0.3) is 0 Å². The highest BCUT2D eigenvalue weighted by molar-refractivity contribution is 9.10. The number of ether oxygens (including phenoxy) is 2. The van der Waals surface area contributed by atoms with Crippen LogP contribution in [-0.4, -0.2) is 35.4 Å². The van der Waals surface area contributed by atoms with E-state index in [0.29, 0.717) is 13.2 Å². The van der Waals surface area contributed by atoms with Crippen LogP contribution in [0, 0.1) is 0 Å². The highest BCUT2D eigenvalue weighted by Gasteiger charge is 2.25. The van der Waals surface area contributed by atoms with Gasteiger partial charge in [0, 0.05) is 6.61 Å². The smallest absolute Gasteiger partial charge is 0.324 e. The van der Waals surface area contributed by atoms with Gasteiger partial charge in [-0.25, -0.2) is 0 Å². The number of aliphatic hydroxyl groups is 1. The quantitative estimate of drug-likeness (QED) is 0.436. The van der Waals surface area contributed by atoms with E-state index in [1.54, 1.807) is 13.8 Å². The van der Waals surface area contributed by atoms with E-state index in [4.69, 9.17) is 9.84 Å². The van der Waals surface area contributed by atoms with E-state index in [-0.39, 0.29) is 0 Å². The van der Waals surface area contributed by atoms with Gasteiger partial charge in [-0.2, -0.15) is 0 Å². The molecule has 12 heavy (non-hydrogen) atoms. The largest absolute Gasteiger partial charge is 0.465 e. The van der Waals surface area contributed by atoms with Crippen molar-refractivity contribution in [2.75, 3.05) is 13.2 Å². The monoisotopic (exact) mass is 240 g/mol. The Hall–Kier alpha value is -0.130. The fourth-order valence-electron chi connectivity index (χ4n) is 0.594. The van der Waals surface area contributed by atoms with Gasteiger partial charge in [-0.05, 0) is 13.8 Å². The molecule has 0 bridgehead atoms. The maximum absolute atomic E-state index is 11.0. The molecule has 0 amide bonds. The summed E-state index contributed by atoms with van der Waals surface area (Å²) in [6.45, 7) is 4.07. The Morgan fingerprint density at radius 1 is 1.50 bits per heavy atom. The van der Waals surface area contributed by atoms with Gasteiger partial charge in [-0.15, -0.1) is 0 Å². The van der Waals surface area contributed by atoms with Gasteiger partial charge in [0.2, 0.25) is 0 Å². The lowest BCUT2D eigenvalue weighted by molar-refractivity contribution is -0.154. The second-order valence-electron chi connectivity index (χ2n) is 2.00. The third-order valence-corrected chi connectivity index (χ3v) is 1.93. The van der Waals surface area contributed by atoms with Gasteiger partial charge in [0.05, 0.1) is 6.61 Å².